The summed E-state index contributed by atoms with van der Waals surface area (Å²) in [6, 6.07) is 7.96. The van der Waals surface area contributed by atoms with Gasteiger partial charge in [0.15, 0.2) is 0 Å². The topological polar surface area (TPSA) is 50.2 Å². The van der Waals surface area contributed by atoms with E-state index in [9.17, 15) is 9.18 Å². The van der Waals surface area contributed by atoms with Gasteiger partial charge in [0.05, 0.1) is 12.6 Å². The summed E-state index contributed by atoms with van der Waals surface area (Å²) in [5.41, 5.74) is 0.776. The summed E-state index contributed by atoms with van der Waals surface area (Å²) < 4.78 is 15.0. The van der Waals surface area contributed by atoms with Crippen LogP contribution in [0.5, 0.6) is 0 Å². The molecule has 23 heavy (non-hydrogen) atoms. The molecule has 1 amide bonds. The van der Waals surface area contributed by atoms with E-state index in [1.807, 2.05) is 36.9 Å². The maximum Gasteiger partial charge on any atom is 0.239 e. The third-order valence-corrected chi connectivity index (χ3v) is 3.61. The van der Waals surface area contributed by atoms with Crippen molar-refractivity contribution in [3.63, 3.8) is 0 Å². The van der Waals surface area contributed by atoms with Crippen LogP contribution in [-0.2, 0) is 17.9 Å². The molecule has 0 radical (unpaired) electrons. The monoisotopic (exact) mass is 318 g/mol. The Morgan fingerprint density at radius 2 is 2.17 bits per heavy atom. The second kappa shape index (κ2) is 7.87. The Hall–Kier alpha value is -2.21. The van der Waals surface area contributed by atoms with Crippen LogP contribution in [-0.4, -0.2) is 39.7 Å². The summed E-state index contributed by atoms with van der Waals surface area (Å²) in [5, 5.41) is 7.42. The number of amides is 1. The molecule has 2 rings (SSSR count). The lowest BCUT2D eigenvalue weighted by atomic mass is 10.2. The van der Waals surface area contributed by atoms with Crippen LogP contribution < -0.4 is 5.32 Å². The van der Waals surface area contributed by atoms with Gasteiger partial charge in [-0.1, -0.05) is 12.1 Å². The standard InChI is InChI=1S/C17H23FN4O/c1-13(11-22-9-5-8-19-22)20-14(2)17(23)21(3)12-15-6-4-7-16(18)10-15/h4-10,13-14,20H,11-12H2,1-3H3/t13-,14-/m0/s1. The number of nitrogens with one attached hydrogen (secondary N) is 1. The molecule has 1 aromatic carbocycles. The fourth-order valence-corrected chi connectivity index (χ4v) is 2.56. The van der Waals surface area contributed by atoms with Gasteiger partial charge in [0, 0.05) is 32.0 Å². The van der Waals surface area contributed by atoms with Crippen molar-refractivity contribution >= 4 is 5.91 Å². The lowest BCUT2D eigenvalue weighted by Gasteiger charge is -2.25. The number of aromatic nitrogens is 2. The number of nitrogens with zero attached hydrogens (tertiary/aromatic N) is 3. The molecule has 0 aliphatic carbocycles. The fourth-order valence-electron chi connectivity index (χ4n) is 2.56. The summed E-state index contributed by atoms with van der Waals surface area (Å²) in [4.78, 5) is 14.0. The normalized spacial score (nSPS) is 13.6. The third kappa shape index (κ3) is 5.17. The first-order valence-electron chi connectivity index (χ1n) is 7.68. The first-order chi connectivity index (χ1) is 11.0. The molecule has 0 spiro atoms. The van der Waals surface area contributed by atoms with Crippen LogP contribution in [0, 0.1) is 5.82 Å². The van der Waals surface area contributed by atoms with Crippen molar-refractivity contribution in [2.75, 3.05) is 7.05 Å². The van der Waals surface area contributed by atoms with Crippen LogP contribution >= 0.6 is 0 Å². The average molecular weight is 318 g/mol. The highest BCUT2D eigenvalue weighted by molar-refractivity contribution is 5.81. The number of rotatable bonds is 7. The molecular formula is C17H23FN4O. The number of halogens is 1. The molecule has 2 atom stereocenters. The smallest absolute Gasteiger partial charge is 0.239 e. The van der Waals surface area contributed by atoms with Crippen LogP contribution in [0.25, 0.3) is 0 Å². The van der Waals surface area contributed by atoms with E-state index in [-0.39, 0.29) is 23.8 Å². The molecule has 1 N–H and O–H groups in total. The molecule has 124 valence electrons. The van der Waals surface area contributed by atoms with Crippen LogP contribution in [0.2, 0.25) is 0 Å². The second-order valence-electron chi connectivity index (χ2n) is 5.84. The van der Waals surface area contributed by atoms with Crippen LogP contribution in [0.15, 0.2) is 42.7 Å². The molecule has 0 aliphatic rings. The molecule has 0 bridgehead atoms. The third-order valence-electron chi connectivity index (χ3n) is 3.61. The van der Waals surface area contributed by atoms with Crippen LogP contribution in [0.3, 0.4) is 0 Å². The van der Waals surface area contributed by atoms with E-state index in [4.69, 9.17) is 0 Å². The lowest BCUT2D eigenvalue weighted by molar-refractivity contribution is -0.132. The van der Waals surface area contributed by atoms with Crippen molar-refractivity contribution in [1.29, 1.82) is 0 Å². The zero-order valence-corrected chi connectivity index (χ0v) is 13.7. The minimum atomic E-state index is -0.320. The van der Waals surface area contributed by atoms with Crippen LogP contribution in [0.4, 0.5) is 4.39 Å². The van der Waals surface area contributed by atoms with Gasteiger partial charge in [-0.25, -0.2) is 4.39 Å². The number of likely N-dealkylation sites (N-methyl/N-ethyl adjacent to an activating group) is 1. The highest BCUT2D eigenvalue weighted by atomic mass is 19.1. The van der Waals surface area contributed by atoms with E-state index >= 15 is 0 Å². The minimum absolute atomic E-state index is 0.0263. The largest absolute Gasteiger partial charge is 0.340 e. The first-order valence-corrected chi connectivity index (χ1v) is 7.68. The van der Waals surface area contributed by atoms with Crippen molar-refractivity contribution in [1.82, 2.24) is 20.0 Å². The van der Waals surface area contributed by atoms with Gasteiger partial charge in [-0.05, 0) is 37.6 Å². The molecular weight excluding hydrogens is 295 g/mol. The Morgan fingerprint density at radius 1 is 1.39 bits per heavy atom. The van der Waals surface area contributed by atoms with Crippen molar-refractivity contribution in [2.24, 2.45) is 0 Å². The summed E-state index contributed by atoms with van der Waals surface area (Å²) in [6.45, 7) is 4.93. The number of hydrogen-bond acceptors (Lipinski definition) is 3. The van der Waals surface area contributed by atoms with Crippen molar-refractivity contribution in [3.05, 3.63) is 54.1 Å². The molecule has 0 fully saturated rings. The Kier molecular flexibility index (Phi) is 5.87. The van der Waals surface area contributed by atoms with Crippen molar-refractivity contribution < 1.29 is 9.18 Å². The van der Waals surface area contributed by atoms with Gasteiger partial charge < -0.3 is 10.2 Å². The van der Waals surface area contributed by atoms with E-state index in [0.717, 1.165) is 5.56 Å². The first kappa shape index (κ1) is 17.1. The maximum absolute atomic E-state index is 13.2. The van der Waals surface area contributed by atoms with Crippen molar-refractivity contribution in [2.45, 2.75) is 39.0 Å². The molecule has 0 saturated heterocycles. The molecule has 0 aliphatic heterocycles. The molecule has 1 heterocycles. The predicted molar refractivity (Wildman–Crippen MR) is 87.2 cm³/mol. The molecule has 5 nitrogen and oxygen atoms in total. The van der Waals surface area contributed by atoms with Gasteiger partial charge in [0.2, 0.25) is 5.91 Å². The number of carbonyl (C=O) groups excluding carboxylic acids is 1. The Morgan fingerprint density at radius 3 is 2.83 bits per heavy atom. The highest BCUT2D eigenvalue weighted by Crippen LogP contribution is 2.07. The quantitative estimate of drug-likeness (QED) is 0.850. The average Bonchev–Trinajstić information content (AvgIpc) is 2.99. The summed E-state index contributed by atoms with van der Waals surface area (Å²) in [7, 11) is 1.73. The van der Waals surface area contributed by atoms with Gasteiger partial charge in [-0.3, -0.25) is 9.48 Å². The van der Waals surface area contributed by atoms with Gasteiger partial charge in [-0.2, -0.15) is 5.10 Å². The predicted octanol–water partition coefficient (Wildman–Crippen LogP) is 2.05. The number of carbonyl (C=O) groups is 1. The van der Waals surface area contributed by atoms with E-state index in [1.54, 1.807) is 24.2 Å². The molecule has 0 unspecified atom stereocenters. The fraction of sp³-hybridized carbons (Fsp3) is 0.412. The highest BCUT2D eigenvalue weighted by Gasteiger charge is 2.19. The van der Waals surface area contributed by atoms with Gasteiger partial charge in [0.25, 0.3) is 0 Å². The van der Waals surface area contributed by atoms with E-state index in [2.05, 4.69) is 10.4 Å². The summed E-state index contributed by atoms with van der Waals surface area (Å²) in [5.74, 6) is -0.316. The van der Waals surface area contributed by atoms with Gasteiger partial charge in [0.1, 0.15) is 5.82 Å². The SMILES string of the molecule is C[C@H](N[C@@H](C)Cn1cccn1)C(=O)N(C)Cc1cccc(F)c1. The molecule has 2 aromatic rings. The second-order valence-corrected chi connectivity index (χ2v) is 5.84. The van der Waals surface area contributed by atoms with Gasteiger partial charge >= 0.3 is 0 Å². The Labute approximate surface area is 136 Å². The summed E-state index contributed by atoms with van der Waals surface area (Å²) >= 11 is 0. The Bertz CT molecular complexity index is 629. The molecule has 1 aromatic heterocycles. The summed E-state index contributed by atoms with van der Waals surface area (Å²) in [6.07, 6.45) is 3.62. The molecule has 0 saturated carbocycles. The van der Waals surface area contributed by atoms with E-state index < -0.39 is 0 Å². The van der Waals surface area contributed by atoms with Crippen molar-refractivity contribution in [3.8, 4) is 0 Å². The zero-order valence-electron chi connectivity index (χ0n) is 13.7. The maximum atomic E-state index is 13.2. The van der Waals surface area contributed by atoms with Gasteiger partial charge in [-0.15, -0.1) is 0 Å². The number of benzene rings is 1. The number of hydrogen-bond donors (Lipinski definition) is 1. The molecule has 6 heteroatoms. The van der Waals surface area contributed by atoms with E-state index in [1.165, 1.54) is 12.1 Å². The van der Waals surface area contributed by atoms with Crippen LogP contribution in [0.1, 0.15) is 19.4 Å². The zero-order chi connectivity index (χ0) is 16.8. The minimum Gasteiger partial charge on any atom is -0.340 e. The van der Waals surface area contributed by atoms with E-state index in [0.29, 0.717) is 13.1 Å². The lowest BCUT2D eigenvalue weighted by Crippen LogP contribution is -2.47. The Balaban J connectivity index is 1.85.